The monoisotopic (exact) mass is 501 g/mol. The van der Waals surface area contributed by atoms with E-state index in [1.54, 1.807) is 13.2 Å². The Balaban J connectivity index is 0.00000274. The van der Waals surface area contributed by atoms with E-state index in [1.165, 1.54) is 0 Å². The Morgan fingerprint density at radius 1 is 1.18 bits per heavy atom. The second-order valence-corrected chi connectivity index (χ2v) is 8.90. The molecule has 5 rings (SSSR count). The zero-order valence-electron chi connectivity index (χ0n) is 18.6. The number of anilines is 2. The quantitative estimate of drug-likeness (QED) is 0.503. The third-order valence-electron chi connectivity index (χ3n) is 6.39. The number of piperidine rings is 1. The van der Waals surface area contributed by atoms with Crippen molar-refractivity contribution in [2.45, 2.75) is 12.6 Å². The van der Waals surface area contributed by atoms with Gasteiger partial charge in [0, 0.05) is 42.2 Å². The summed E-state index contributed by atoms with van der Waals surface area (Å²) in [5, 5.41) is 25.2. The molecular weight excluding hydrogens is 477 g/mol. The minimum atomic E-state index is -0.347. The van der Waals surface area contributed by atoms with Crippen LogP contribution in [0.2, 0.25) is 5.02 Å². The van der Waals surface area contributed by atoms with Crippen LogP contribution in [0.25, 0.3) is 15.6 Å². The first-order chi connectivity index (χ1) is 16.1. The first-order valence-electron chi connectivity index (χ1n) is 10.8. The highest BCUT2D eigenvalue weighted by molar-refractivity contribution is 6.32. The molecule has 34 heavy (non-hydrogen) atoms. The standard InChI is InChI=1S/C24H24ClN5O3.ClH/c1-26-17-4-5-18-19(8-17)23(27-9-14-3-6-21(32-2)20(25)7-14)28-29-24(18)30-10-15-12-33-13-16(11-30)22(15)31;/h3-8,15-16,22,31H,9-13H2,2H3,(H,27,28);1H. The minimum Gasteiger partial charge on any atom is -0.495 e. The highest BCUT2D eigenvalue weighted by Crippen LogP contribution is 2.36. The van der Waals surface area contributed by atoms with Crippen molar-refractivity contribution < 1.29 is 14.6 Å². The Hall–Kier alpha value is -2.83. The zero-order chi connectivity index (χ0) is 22.9. The molecular formula is C24H25Cl2N5O3. The molecule has 0 saturated carbocycles. The van der Waals surface area contributed by atoms with Gasteiger partial charge >= 0.3 is 0 Å². The minimum absolute atomic E-state index is 0. The van der Waals surface area contributed by atoms with Gasteiger partial charge in [-0.1, -0.05) is 29.8 Å². The number of rotatable bonds is 5. The normalized spacial score (nSPS) is 21.5. The third-order valence-corrected chi connectivity index (χ3v) is 6.68. The van der Waals surface area contributed by atoms with E-state index in [9.17, 15) is 5.11 Å². The predicted octanol–water partition coefficient (Wildman–Crippen LogP) is 4.32. The molecule has 2 bridgehead atoms. The van der Waals surface area contributed by atoms with Crippen LogP contribution in [0.4, 0.5) is 17.3 Å². The van der Waals surface area contributed by atoms with Crippen LogP contribution in [-0.4, -0.2) is 54.8 Å². The number of nitrogens with zero attached hydrogens (tertiary/aromatic N) is 4. The molecule has 2 saturated heterocycles. The van der Waals surface area contributed by atoms with Crippen molar-refractivity contribution in [1.82, 2.24) is 10.2 Å². The Bertz CT molecular complexity index is 1220. The summed E-state index contributed by atoms with van der Waals surface area (Å²) in [6.45, 7) is 10.3. The summed E-state index contributed by atoms with van der Waals surface area (Å²) in [6.07, 6.45) is -0.347. The van der Waals surface area contributed by atoms with Crippen LogP contribution >= 0.6 is 24.0 Å². The number of hydrogen-bond acceptors (Lipinski definition) is 7. The number of nitrogens with one attached hydrogen (secondary N) is 1. The molecule has 0 spiro atoms. The van der Waals surface area contributed by atoms with E-state index >= 15 is 0 Å². The molecule has 2 atom stereocenters. The van der Waals surface area contributed by atoms with E-state index in [0.717, 1.165) is 22.2 Å². The maximum absolute atomic E-state index is 10.5. The highest BCUT2D eigenvalue weighted by Gasteiger charge is 2.40. The Kier molecular flexibility index (Phi) is 7.29. The summed E-state index contributed by atoms with van der Waals surface area (Å²) in [5.41, 5.74) is 1.51. The summed E-state index contributed by atoms with van der Waals surface area (Å²) in [4.78, 5) is 5.77. The van der Waals surface area contributed by atoms with Gasteiger partial charge in [-0.3, -0.25) is 0 Å². The molecule has 2 N–H and O–H groups in total. The fourth-order valence-corrected chi connectivity index (χ4v) is 4.94. The van der Waals surface area contributed by atoms with Gasteiger partial charge in [0.15, 0.2) is 17.3 Å². The van der Waals surface area contributed by atoms with Crippen LogP contribution in [0.3, 0.4) is 0 Å². The molecule has 2 aromatic carbocycles. The smallest absolute Gasteiger partial charge is 0.188 e. The summed E-state index contributed by atoms with van der Waals surface area (Å²) in [6, 6.07) is 11.2. The lowest BCUT2D eigenvalue weighted by atomic mass is 9.84. The number of aromatic nitrogens is 2. The molecule has 178 valence electrons. The SMILES string of the molecule is Cl.[C-]#[N+]c1ccc2c(N3CC4COCC(C3)C4O)nnc(NCc3ccc(OC)c(Cl)c3)c2c1. The maximum Gasteiger partial charge on any atom is 0.188 e. The molecule has 2 aliphatic heterocycles. The van der Waals surface area contributed by atoms with Gasteiger partial charge in [-0.2, -0.15) is 0 Å². The molecule has 2 aliphatic rings. The van der Waals surface area contributed by atoms with Crippen molar-refractivity contribution in [2.24, 2.45) is 11.8 Å². The highest BCUT2D eigenvalue weighted by atomic mass is 35.5. The fourth-order valence-electron chi connectivity index (χ4n) is 4.66. The predicted molar refractivity (Wildman–Crippen MR) is 134 cm³/mol. The lowest BCUT2D eigenvalue weighted by Gasteiger charge is -2.45. The van der Waals surface area contributed by atoms with Gasteiger partial charge in [-0.15, -0.1) is 22.6 Å². The number of benzene rings is 2. The molecule has 8 nitrogen and oxygen atoms in total. The molecule has 0 amide bonds. The molecule has 2 unspecified atom stereocenters. The van der Waals surface area contributed by atoms with Crippen molar-refractivity contribution >= 4 is 52.1 Å². The number of ether oxygens (including phenoxy) is 2. The Morgan fingerprint density at radius 3 is 2.62 bits per heavy atom. The van der Waals surface area contributed by atoms with Gasteiger partial charge in [-0.05, 0) is 23.8 Å². The van der Waals surface area contributed by atoms with Crippen LogP contribution in [0.5, 0.6) is 5.75 Å². The van der Waals surface area contributed by atoms with Gasteiger partial charge in [0.05, 0.1) is 38.0 Å². The average molecular weight is 502 g/mol. The number of fused-ring (bicyclic) bond motifs is 3. The van der Waals surface area contributed by atoms with Crippen molar-refractivity contribution in [1.29, 1.82) is 0 Å². The van der Waals surface area contributed by atoms with E-state index in [4.69, 9.17) is 27.6 Å². The first-order valence-corrected chi connectivity index (χ1v) is 11.2. The van der Waals surface area contributed by atoms with E-state index < -0.39 is 0 Å². The summed E-state index contributed by atoms with van der Waals surface area (Å²) in [7, 11) is 1.58. The van der Waals surface area contributed by atoms with E-state index in [2.05, 4.69) is 25.3 Å². The van der Waals surface area contributed by atoms with Gasteiger partial charge in [0.1, 0.15) is 5.75 Å². The van der Waals surface area contributed by atoms with Gasteiger partial charge in [0.2, 0.25) is 0 Å². The first kappa shape index (κ1) is 24.3. The van der Waals surface area contributed by atoms with Crippen LogP contribution in [0, 0.1) is 18.4 Å². The van der Waals surface area contributed by atoms with Gasteiger partial charge < -0.3 is 24.8 Å². The van der Waals surface area contributed by atoms with E-state index in [-0.39, 0.29) is 30.3 Å². The van der Waals surface area contributed by atoms with E-state index in [1.807, 2.05) is 30.3 Å². The largest absolute Gasteiger partial charge is 0.495 e. The lowest BCUT2D eigenvalue weighted by Crippen LogP contribution is -2.55. The molecule has 3 aromatic rings. The molecule has 2 fully saturated rings. The molecule has 10 heteroatoms. The summed E-state index contributed by atoms with van der Waals surface area (Å²) >= 11 is 6.26. The zero-order valence-corrected chi connectivity index (χ0v) is 20.1. The molecule has 3 heterocycles. The Morgan fingerprint density at radius 2 is 1.94 bits per heavy atom. The number of methoxy groups -OCH3 is 1. The second-order valence-electron chi connectivity index (χ2n) is 8.49. The average Bonchev–Trinajstić information content (AvgIpc) is 2.82. The van der Waals surface area contributed by atoms with Crippen LogP contribution in [0.15, 0.2) is 36.4 Å². The fraction of sp³-hybridized carbons (Fsp3) is 0.375. The van der Waals surface area contributed by atoms with Crippen molar-refractivity contribution in [3.05, 3.63) is 58.4 Å². The van der Waals surface area contributed by atoms with Crippen molar-refractivity contribution in [3.63, 3.8) is 0 Å². The second kappa shape index (κ2) is 10.2. The molecule has 0 aliphatic carbocycles. The summed E-state index contributed by atoms with van der Waals surface area (Å²) < 4.78 is 10.9. The lowest BCUT2D eigenvalue weighted by molar-refractivity contribution is -0.0870. The Labute approximate surface area is 209 Å². The number of aliphatic hydroxyl groups is 1. The molecule has 1 aromatic heterocycles. The number of halogens is 2. The van der Waals surface area contributed by atoms with E-state index in [0.29, 0.717) is 55.1 Å². The topological polar surface area (TPSA) is 84.1 Å². The van der Waals surface area contributed by atoms with Crippen LogP contribution < -0.4 is 15.0 Å². The summed E-state index contributed by atoms with van der Waals surface area (Å²) in [5.74, 6) is 2.10. The third kappa shape index (κ3) is 4.57. The number of aliphatic hydroxyl groups excluding tert-OH is 1. The van der Waals surface area contributed by atoms with Crippen molar-refractivity contribution in [3.8, 4) is 5.75 Å². The van der Waals surface area contributed by atoms with Crippen LogP contribution in [-0.2, 0) is 11.3 Å². The van der Waals surface area contributed by atoms with Gasteiger partial charge in [-0.25, -0.2) is 4.85 Å². The number of hydrogen-bond donors (Lipinski definition) is 2. The van der Waals surface area contributed by atoms with Crippen molar-refractivity contribution in [2.75, 3.05) is 43.6 Å². The van der Waals surface area contributed by atoms with Gasteiger partial charge in [0.25, 0.3) is 0 Å². The maximum atomic E-state index is 10.5. The molecule has 0 radical (unpaired) electrons. The van der Waals surface area contributed by atoms with Crippen LogP contribution in [0.1, 0.15) is 5.56 Å².